The number of aromatic hydroxyl groups is 3. The van der Waals surface area contributed by atoms with E-state index in [1.807, 2.05) is 0 Å². The summed E-state index contributed by atoms with van der Waals surface area (Å²) in [6.07, 6.45) is -6.73. The van der Waals surface area contributed by atoms with Crippen molar-refractivity contribution in [2.75, 3.05) is 6.61 Å². The summed E-state index contributed by atoms with van der Waals surface area (Å²) in [5.41, 5.74) is -0.729. The first-order valence-corrected chi connectivity index (χ1v) is 9.34. The smallest absolute Gasteiger partial charge is 0.204 e. The molecule has 4 rings (SSSR count). The number of aliphatic hydroxyl groups is 4. The van der Waals surface area contributed by atoms with E-state index in [2.05, 4.69) is 0 Å². The van der Waals surface area contributed by atoms with Crippen LogP contribution in [0.15, 0.2) is 45.8 Å². The third-order valence-corrected chi connectivity index (χ3v) is 5.40. The van der Waals surface area contributed by atoms with Gasteiger partial charge in [0.25, 0.3) is 0 Å². The van der Waals surface area contributed by atoms with E-state index in [0.29, 0.717) is 5.56 Å². The molecule has 31 heavy (non-hydrogen) atoms. The third-order valence-electron chi connectivity index (χ3n) is 5.40. The van der Waals surface area contributed by atoms with Crippen molar-refractivity contribution in [3.8, 4) is 28.4 Å². The second-order valence-corrected chi connectivity index (χ2v) is 7.31. The van der Waals surface area contributed by atoms with Gasteiger partial charge in [-0.25, -0.2) is 0 Å². The van der Waals surface area contributed by atoms with Crippen LogP contribution in [0.5, 0.6) is 17.2 Å². The highest BCUT2D eigenvalue weighted by molar-refractivity contribution is 5.91. The molecule has 1 fully saturated rings. The van der Waals surface area contributed by atoms with Crippen LogP contribution in [0.1, 0.15) is 11.7 Å². The lowest BCUT2D eigenvalue weighted by molar-refractivity contribution is -0.231. The summed E-state index contributed by atoms with van der Waals surface area (Å²) in [5, 5.41) is 69.8. The maximum atomic E-state index is 13.1. The Morgan fingerprint density at radius 1 is 0.903 bits per heavy atom. The third kappa shape index (κ3) is 3.40. The van der Waals surface area contributed by atoms with Crippen LogP contribution in [-0.2, 0) is 4.74 Å². The molecule has 3 aromatic rings. The second kappa shape index (κ2) is 7.84. The van der Waals surface area contributed by atoms with Crippen molar-refractivity contribution in [3.63, 3.8) is 0 Å². The fraction of sp³-hybridized carbons (Fsp3) is 0.286. The van der Waals surface area contributed by atoms with Gasteiger partial charge in [0.1, 0.15) is 59.4 Å². The van der Waals surface area contributed by atoms with Gasteiger partial charge in [-0.3, -0.25) is 4.79 Å². The van der Waals surface area contributed by atoms with Crippen LogP contribution in [0.3, 0.4) is 0 Å². The van der Waals surface area contributed by atoms with Gasteiger partial charge >= 0.3 is 0 Å². The lowest BCUT2D eigenvalue weighted by atomic mass is 9.89. The number of hydrogen-bond donors (Lipinski definition) is 7. The van der Waals surface area contributed by atoms with Crippen LogP contribution < -0.4 is 5.43 Å². The SMILES string of the molecule is O=c1c(-c2ccc(O)cc2)coc2c([C@@H]3O[C@H](CO)[C@H](O)[C@@H](O)[C@@H]3O)c(O)cc(O)c12. The molecule has 5 atom stereocenters. The predicted octanol–water partition coefficient (Wildman–Crippen LogP) is 0.0917. The van der Waals surface area contributed by atoms with E-state index in [0.717, 1.165) is 12.3 Å². The van der Waals surface area contributed by atoms with Crippen LogP contribution in [0.2, 0.25) is 0 Å². The minimum absolute atomic E-state index is 0.00778. The molecular formula is C21H20O10. The van der Waals surface area contributed by atoms with Crippen molar-refractivity contribution in [2.24, 2.45) is 0 Å². The first-order valence-electron chi connectivity index (χ1n) is 9.34. The topological polar surface area (TPSA) is 181 Å². The highest BCUT2D eigenvalue weighted by atomic mass is 16.5. The van der Waals surface area contributed by atoms with Crippen LogP contribution >= 0.6 is 0 Å². The van der Waals surface area contributed by atoms with Crippen molar-refractivity contribution in [1.29, 1.82) is 0 Å². The maximum Gasteiger partial charge on any atom is 0.204 e. The molecular weight excluding hydrogens is 412 g/mol. The van der Waals surface area contributed by atoms with E-state index in [4.69, 9.17) is 9.15 Å². The highest BCUT2D eigenvalue weighted by Crippen LogP contribution is 2.43. The summed E-state index contributed by atoms with van der Waals surface area (Å²) in [4.78, 5) is 13.1. The molecule has 0 unspecified atom stereocenters. The van der Waals surface area contributed by atoms with Gasteiger partial charge in [-0.2, -0.15) is 0 Å². The minimum atomic E-state index is -1.74. The Morgan fingerprint density at radius 3 is 2.23 bits per heavy atom. The Kier molecular flexibility index (Phi) is 5.33. The van der Waals surface area contributed by atoms with E-state index in [1.165, 1.54) is 24.3 Å². The summed E-state index contributed by atoms with van der Waals surface area (Å²) in [7, 11) is 0. The zero-order valence-corrected chi connectivity index (χ0v) is 15.9. The van der Waals surface area contributed by atoms with Gasteiger partial charge in [-0.05, 0) is 17.7 Å². The van der Waals surface area contributed by atoms with Gasteiger partial charge in [-0.15, -0.1) is 0 Å². The zero-order chi connectivity index (χ0) is 22.4. The van der Waals surface area contributed by atoms with E-state index < -0.39 is 54.1 Å². The molecule has 7 N–H and O–H groups in total. The molecule has 0 bridgehead atoms. The van der Waals surface area contributed by atoms with Gasteiger partial charge in [0, 0.05) is 6.07 Å². The van der Waals surface area contributed by atoms with Crippen LogP contribution in [0, 0.1) is 0 Å². The molecule has 2 heterocycles. The Morgan fingerprint density at radius 2 is 1.58 bits per heavy atom. The lowest BCUT2D eigenvalue weighted by Crippen LogP contribution is -2.55. The summed E-state index contributed by atoms with van der Waals surface area (Å²) >= 11 is 0. The van der Waals surface area contributed by atoms with Crippen LogP contribution in [0.25, 0.3) is 22.1 Å². The standard InChI is InChI=1S/C21H20O10/c22-6-13-17(27)18(28)19(29)21(31-13)15-12(25)5-11(24)14-16(26)10(7-30-20(14)15)8-1-3-9(23)4-2-8/h1-5,7,13,17-19,21-25,27-29H,6H2/t13-,17+,18-,19+,21+/m1/s1. The number of hydrogen-bond acceptors (Lipinski definition) is 10. The van der Waals surface area contributed by atoms with Crippen LogP contribution in [0.4, 0.5) is 0 Å². The molecule has 0 spiro atoms. The Balaban J connectivity index is 1.92. The molecule has 10 heteroatoms. The number of ether oxygens (including phenoxy) is 1. The maximum absolute atomic E-state index is 13.1. The van der Waals surface area contributed by atoms with Crippen molar-refractivity contribution < 1.29 is 44.9 Å². The van der Waals surface area contributed by atoms with Gasteiger partial charge in [0.15, 0.2) is 5.58 Å². The second-order valence-electron chi connectivity index (χ2n) is 7.31. The number of phenols is 3. The normalized spacial score (nSPS) is 26.3. The summed E-state index contributed by atoms with van der Waals surface area (Å²) in [5.74, 6) is -1.18. The number of benzene rings is 2. The van der Waals surface area contributed by atoms with E-state index >= 15 is 0 Å². The fourth-order valence-corrected chi connectivity index (χ4v) is 3.75. The molecule has 2 aromatic carbocycles. The van der Waals surface area contributed by atoms with Gasteiger partial charge in [0.2, 0.25) is 5.43 Å². The monoisotopic (exact) mass is 432 g/mol. The molecule has 0 aliphatic carbocycles. The first kappa shape index (κ1) is 21.1. The number of rotatable bonds is 3. The summed E-state index contributed by atoms with van der Waals surface area (Å²) in [6, 6.07) is 6.56. The van der Waals surface area contributed by atoms with Crippen molar-refractivity contribution in [3.05, 3.63) is 52.4 Å². The molecule has 10 nitrogen and oxygen atoms in total. The molecule has 1 saturated heterocycles. The molecule has 0 saturated carbocycles. The molecule has 1 aromatic heterocycles. The number of aliphatic hydroxyl groups excluding tert-OH is 4. The highest BCUT2D eigenvalue weighted by Gasteiger charge is 2.46. The van der Waals surface area contributed by atoms with Gasteiger partial charge < -0.3 is 44.9 Å². The number of fused-ring (bicyclic) bond motifs is 1. The predicted molar refractivity (Wildman–Crippen MR) is 106 cm³/mol. The minimum Gasteiger partial charge on any atom is -0.508 e. The van der Waals surface area contributed by atoms with E-state index in [-0.39, 0.29) is 27.8 Å². The number of phenolic OH excluding ortho intramolecular Hbond substituents is 3. The fourth-order valence-electron chi connectivity index (χ4n) is 3.75. The first-order chi connectivity index (χ1) is 14.7. The molecule has 1 aliphatic heterocycles. The molecule has 0 amide bonds. The Bertz CT molecular complexity index is 1170. The van der Waals surface area contributed by atoms with Crippen LogP contribution in [-0.4, -0.2) is 66.8 Å². The van der Waals surface area contributed by atoms with Crippen molar-refractivity contribution in [2.45, 2.75) is 30.5 Å². The van der Waals surface area contributed by atoms with Crippen molar-refractivity contribution in [1.82, 2.24) is 0 Å². The lowest BCUT2D eigenvalue weighted by Gasteiger charge is -2.40. The van der Waals surface area contributed by atoms with E-state index in [1.54, 1.807) is 0 Å². The molecule has 1 aliphatic rings. The summed E-state index contributed by atoms with van der Waals surface area (Å²) in [6.45, 7) is -0.687. The van der Waals surface area contributed by atoms with Gasteiger partial charge in [0.05, 0.1) is 17.7 Å². The zero-order valence-electron chi connectivity index (χ0n) is 15.9. The van der Waals surface area contributed by atoms with Gasteiger partial charge in [-0.1, -0.05) is 12.1 Å². The Labute approximate surface area is 174 Å². The quantitative estimate of drug-likeness (QED) is 0.300. The largest absolute Gasteiger partial charge is 0.508 e. The van der Waals surface area contributed by atoms with Crippen molar-refractivity contribution >= 4 is 11.0 Å². The molecule has 164 valence electrons. The average molecular weight is 432 g/mol. The average Bonchev–Trinajstić information content (AvgIpc) is 2.74. The Hall–Kier alpha value is -3.15. The molecule has 0 radical (unpaired) electrons. The summed E-state index contributed by atoms with van der Waals surface area (Å²) < 4.78 is 11.0. The van der Waals surface area contributed by atoms with E-state index in [9.17, 15) is 40.5 Å².